The minimum Gasteiger partial charge on any atom is -0.481 e. The van der Waals surface area contributed by atoms with Gasteiger partial charge in [-0.1, -0.05) is 48.5 Å². The van der Waals surface area contributed by atoms with Crippen LogP contribution in [0.25, 0.3) is 0 Å². The van der Waals surface area contributed by atoms with Gasteiger partial charge in [0.15, 0.2) is 0 Å². The van der Waals surface area contributed by atoms with E-state index in [4.69, 9.17) is 5.11 Å². The standard InChI is InChI=1S/C18H19NO3/c20-17(11-12-18(21)22)19(16-9-5-2-6-10-16)14-13-15-7-3-1-4-8-15/h1-10H,11-14H2,(H,21,22). The van der Waals surface area contributed by atoms with Crippen LogP contribution in [-0.4, -0.2) is 23.5 Å². The summed E-state index contributed by atoms with van der Waals surface area (Å²) < 4.78 is 0. The van der Waals surface area contributed by atoms with Crippen molar-refractivity contribution in [2.75, 3.05) is 11.4 Å². The Morgan fingerprint density at radius 3 is 2.05 bits per heavy atom. The number of carboxylic acid groups (broad SMARTS) is 1. The van der Waals surface area contributed by atoms with E-state index in [-0.39, 0.29) is 18.7 Å². The third kappa shape index (κ3) is 4.74. The summed E-state index contributed by atoms with van der Waals surface area (Å²) in [5.74, 6) is -1.12. The number of rotatable bonds is 7. The lowest BCUT2D eigenvalue weighted by Crippen LogP contribution is -2.33. The molecule has 0 spiro atoms. The van der Waals surface area contributed by atoms with Crippen molar-refractivity contribution in [3.63, 3.8) is 0 Å². The number of benzene rings is 2. The van der Waals surface area contributed by atoms with Crippen LogP contribution in [0.3, 0.4) is 0 Å². The Labute approximate surface area is 130 Å². The molecule has 22 heavy (non-hydrogen) atoms. The van der Waals surface area contributed by atoms with Crippen LogP contribution in [0.2, 0.25) is 0 Å². The van der Waals surface area contributed by atoms with Crippen LogP contribution in [0.1, 0.15) is 18.4 Å². The fourth-order valence-electron chi connectivity index (χ4n) is 2.24. The molecule has 114 valence electrons. The molecule has 0 fully saturated rings. The zero-order valence-electron chi connectivity index (χ0n) is 12.3. The average Bonchev–Trinajstić information content (AvgIpc) is 2.55. The average molecular weight is 297 g/mol. The Morgan fingerprint density at radius 1 is 0.864 bits per heavy atom. The summed E-state index contributed by atoms with van der Waals surface area (Å²) in [7, 11) is 0. The van der Waals surface area contributed by atoms with E-state index in [1.54, 1.807) is 4.90 Å². The highest BCUT2D eigenvalue weighted by molar-refractivity contribution is 5.94. The number of hydrogen-bond donors (Lipinski definition) is 1. The minimum absolute atomic E-state index is 0.0129. The van der Waals surface area contributed by atoms with Gasteiger partial charge in [-0.05, 0) is 24.1 Å². The van der Waals surface area contributed by atoms with Crippen LogP contribution in [0, 0.1) is 0 Å². The summed E-state index contributed by atoms with van der Waals surface area (Å²) in [4.78, 5) is 24.7. The number of carbonyl (C=O) groups is 2. The number of aliphatic carboxylic acids is 1. The maximum atomic E-state index is 12.3. The van der Waals surface area contributed by atoms with Gasteiger partial charge in [0.05, 0.1) is 6.42 Å². The number of para-hydroxylation sites is 1. The van der Waals surface area contributed by atoms with Gasteiger partial charge in [-0.25, -0.2) is 0 Å². The Balaban J connectivity index is 2.08. The molecule has 0 unspecified atom stereocenters. The van der Waals surface area contributed by atoms with Crippen LogP contribution in [-0.2, 0) is 16.0 Å². The van der Waals surface area contributed by atoms with E-state index in [2.05, 4.69) is 0 Å². The Bertz CT molecular complexity index is 611. The van der Waals surface area contributed by atoms with Gasteiger partial charge in [-0.2, -0.15) is 0 Å². The van der Waals surface area contributed by atoms with Crippen molar-refractivity contribution in [1.82, 2.24) is 0 Å². The molecule has 4 nitrogen and oxygen atoms in total. The summed E-state index contributed by atoms with van der Waals surface area (Å²) in [6.07, 6.45) is 0.598. The van der Waals surface area contributed by atoms with Crippen LogP contribution in [0.15, 0.2) is 60.7 Å². The summed E-state index contributed by atoms with van der Waals surface area (Å²) in [5, 5.41) is 8.75. The second kappa shape index (κ2) is 7.98. The van der Waals surface area contributed by atoms with Crippen LogP contribution in [0.4, 0.5) is 5.69 Å². The molecule has 0 bridgehead atoms. The van der Waals surface area contributed by atoms with E-state index in [1.165, 1.54) is 0 Å². The van der Waals surface area contributed by atoms with E-state index < -0.39 is 5.97 Å². The topological polar surface area (TPSA) is 57.6 Å². The second-order valence-electron chi connectivity index (χ2n) is 5.01. The van der Waals surface area contributed by atoms with E-state index in [9.17, 15) is 9.59 Å². The van der Waals surface area contributed by atoms with Crippen LogP contribution in [0.5, 0.6) is 0 Å². The fraction of sp³-hybridized carbons (Fsp3) is 0.222. The van der Waals surface area contributed by atoms with Crippen molar-refractivity contribution < 1.29 is 14.7 Å². The fourth-order valence-corrected chi connectivity index (χ4v) is 2.24. The predicted octanol–water partition coefficient (Wildman–Crippen LogP) is 3.13. The highest BCUT2D eigenvalue weighted by Crippen LogP contribution is 2.16. The molecule has 0 radical (unpaired) electrons. The molecule has 0 atom stereocenters. The number of anilines is 1. The second-order valence-corrected chi connectivity index (χ2v) is 5.01. The van der Waals surface area contributed by atoms with Gasteiger partial charge in [0.1, 0.15) is 0 Å². The first-order valence-corrected chi connectivity index (χ1v) is 7.28. The van der Waals surface area contributed by atoms with Crippen LogP contribution < -0.4 is 4.90 Å². The molecule has 2 rings (SSSR count). The van der Waals surface area contributed by atoms with Crippen molar-refractivity contribution in [1.29, 1.82) is 0 Å². The Morgan fingerprint density at radius 2 is 1.45 bits per heavy atom. The smallest absolute Gasteiger partial charge is 0.303 e. The van der Waals surface area contributed by atoms with Crippen molar-refractivity contribution >= 4 is 17.6 Å². The maximum absolute atomic E-state index is 12.3. The molecular weight excluding hydrogens is 278 g/mol. The molecule has 0 aliphatic carbocycles. The van der Waals surface area contributed by atoms with Gasteiger partial charge in [-0.15, -0.1) is 0 Å². The molecule has 0 aromatic heterocycles. The number of carbonyl (C=O) groups excluding carboxylic acids is 1. The molecule has 2 aromatic carbocycles. The van der Waals surface area contributed by atoms with Crippen molar-refractivity contribution in [2.24, 2.45) is 0 Å². The largest absolute Gasteiger partial charge is 0.481 e. The lowest BCUT2D eigenvalue weighted by molar-refractivity contribution is -0.138. The highest BCUT2D eigenvalue weighted by atomic mass is 16.4. The van der Waals surface area contributed by atoms with E-state index in [1.807, 2.05) is 60.7 Å². The quantitative estimate of drug-likeness (QED) is 0.854. The first kappa shape index (κ1) is 15.8. The first-order valence-electron chi connectivity index (χ1n) is 7.28. The van der Waals surface area contributed by atoms with E-state index in [0.29, 0.717) is 6.54 Å². The van der Waals surface area contributed by atoms with Gasteiger partial charge < -0.3 is 10.0 Å². The first-order chi connectivity index (χ1) is 10.7. The molecule has 2 aromatic rings. The molecular formula is C18H19NO3. The molecule has 4 heteroatoms. The van der Waals surface area contributed by atoms with Gasteiger partial charge in [-0.3, -0.25) is 9.59 Å². The van der Waals surface area contributed by atoms with E-state index in [0.717, 1.165) is 17.7 Å². The number of amides is 1. The summed E-state index contributed by atoms with van der Waals surface area (Å²) >= 11 is 0. The van der Waals surface area contributed by atoms with Crippen LogP contribution >= 0.6 is 0 Å². The lowest BCUT2D eigenvalue weighted by Gasteiger charge is -2.23. The molecule has 0 heterocycles. The molecule has 0 aliphatic heterocycles. The Hall–Kier alpha value is -2.62. The molecule has 0 aliphatic rings. The van der Waals surface area contributed by atoms with Crippen molar-refractivity contribution in [2.45, 2.75) is 19.3 Å². The monoisotopic (exact) mass is 297 g/mol. The number of carboxylic acids is 1. The predicted molar refractivity (Wildman–Crippen MR) is 85.8 cm³/mol. The van der Waals surface area contributed by atoms with Gasteiger partial charge in [0, 0.05) is 18.7 Å². The van der Waals surface area contributed by atoms with Gasteiger partial charge in [0.2, 0.25) is 5.91 Å². The zero-order valence-corrected chi connectivity index (χ0v) is 12.3. The summed E-state index contributed by atoms with van der Waals surface area (Å²) in [5.41, 5.74) is 1.95. The number of nitrogens with zero attached hydrogens (tertiary/aromatic N) is 1. The number of hydrogen-bond acceptors (Lipinski definition) is 2. The maximum Gasteiger partial charge on any atom is 0.303 e. The highest BCUT2D eigenvalue weighted by Gasteiger charge is 2.16. The summed E-state index contributed by atoms with van der Waals surface area (Å²) in [6.45, 7) is 0.534. The Kier molecular flexibility index (Phi) is 5.72. The normalized spacial score (nSPS) is 10.2. The molecule has 1 N–H and O–H groups in total. The molecule has 0 saturated heterocycles. The molecule has 0 saturated carbocycles. The van der Waals surface area contributed by atoms with Crippen molar-refractivity contribution in [3.05, 3.63) is 66.2 Å². The summed E-state index contributed by atoms with van der Waals surface area (Å²) in [6, 6.07) is 19.3. The van der Waals surface area contributed by atoms with Crippen molar-refractivity contribution in [3.8, 4) is 0 Å². The zero-order chi connectivity index (χ0) is 15.8. The van der Waals surface area contributed by atoms with Gasteiger partial charge in [0.25, 0.3) is 0 Å². The molecule has 1 amide bonds. The minimum atomic E-state index is -0.954. The lowest BCUT2D eigenvalue weighted by atomic mass is 10.1. The SMILES string of the molecule is O=C(O)CCC(=O)N(CCc1ccccc1)c1ccccc1. The van der Waals surface area contributed by atoms with E-state index >= 15 is 0 Å². The third-order valence-corrected chi connectivity index (χ3v) is 3.39. The third-order valence-electron chi connectivity index (χ3n) is 3.39. The van der Waals surface area contributed by atoms with Gasteiger partial charge >= 0.3 is 5.97 Å².